The van der Waals surface area contributed by atoms with Gasteiger partial charge in [-0.05, 0) is 36.9 Å². The minimum absolute atomic E-state index is 0. The number of carbonyl (C=O) groups is 2. The van der Waals surface area contributed by atoms with Gasteiger partial charge >= 0.3 is 0 Å². The highest BCUT2D eigenvalue weighted by molar-refractivity contribution is 5.94. The number of carbonyl (C=O) groups excluding carboxylic acids is 2. The molecular formula is C18H28ClN3O2. The number of rotatable bonds is 7. The van der Waals surface area contributed by atoms with E-state index in [1.807, 2.05) is 18.2 Å². The van der Waals surface area contributed by atoms with Crippen LogP contribution in [0.15, 0.2) is 30.3 Å². The van der Waals surface area contributed by atoms with Crippen LogP contribution in [0, 0.1) is 5.41 Å². The molecule has 0 atom stereocenters. The van der Waals surface area contributed by atoms with Crippen LogP contribution in [0.1, 0.15) is 48.9 Å². The molecule has 1 aromatic rings. The lowest BCUT2D eigenvalue weighted by Crippen LogP contribution is -2.40. The number of nitrogens with two attached hydrogens (primary N) is 1. The van der Waals surface area contributed by atoms with Crippen LogP contribution in [0.2, 0.25) is 0 Å². The third-order valence-corrected chi connectivity index (χ3v) is 4.65. The minimum Gasteiger partial charge on any atom is -0.354 e. The quantitative estimate of drug-likeness (QED) is 0.657. The van der Waals surface area contributed by atoms with E-state index in [1.54, 1.807) is 12.1 Å². The Bertz CT molecular complexity index is 516. The summed E-state index contributed by atoms with van der Waals surface area (Å²) < 4.78 is 0. The zero-order valence-electron chi connectivity index (χ0n) is 14.1. The minimum atomic E-state index is -0.120. The third kappa shape index (κ3) is 6.13. The van der Waals surface area contributed by atoms with Crippen molar-refractivity contribution in [2.45, 2.75) is 38.5 Å². The fraction of sp³-hybridized carbons (Fsp3) is 0.556. The van der Waals surface area contributed by atoms with Crippen LogP contribution in [0.25, 0.3) is 0 Å². The average molecular weight is 354 g/mol. The average Bonchev–Trinajstić information content (AvgIpc) is 2.60. The zero-order valence-corrected chi connectivity index (χ0v) is 14.9. The molecule has 0 spiro atoms. The molecule has 1 aliphatic rings. The molecule has 0 radical (unpaired) electrons. The Labute approximate surface area is 150 Å². The van der Waals surface area contributed by atoms with E-state index >= 15 is 0 Å². The van der Waals surface area contributed by atoms with Gasteiger partial charge in [0.15, 0.2) is 0 Å². The van der Waals surface area contributed by atoms with Crippen molar-refractivity contribution in [2.75, 3.05) is 19.6 Å². The number of hydrogen-bond donors (Lipinski definition) is 3. The predicted molar refractivity (Wildman–Crippen MR) is 98.2 cm³/mol. The molecule has 2 amide bonds. The summed E-state index contributed by atoms with van der Waals surface area (Å²) in [5, 5.41) is 5.69. The lowest BCUT2D eigenvalue weighted by Gasteiger charge is -2.35. The van der Waals surface area contributed by atoms with Crippen molar-refractivity contribution in [1.29, 1.82) is 0 Å². The first kappa shape index (κ1) is 20.5. The molecule has 1 fully saturated rings. The van der Waals surface area contributed by atoms with Crippen molar-refractivity contribution in [1.82, 2.24) is 10.6 Å². The summed E-state index contributed by atoms with van der Waals surface area (Å²) in [5.74, 6) is -0.0862. The molecule has 0 bridgehead atoms. The monoisotopic (exact) mass is 353 g/mol. The van der Waals surface area contributed by atoms with Crippen LogP contribution in [-0.2, 0) is 4.79 Å². The highest BCUT2D eigenvalue weighted by atomic mass is 35.5. The first-order valence-corrected chi connectivity index (χ1v) is 8.45. The number of hydrogen-bond acceptors (Lipinski definition) is 3. The molecule has 1 saturated carbocycles. The fourth-order valence-electron chi connectivity index (χ4n) is 3.23. The molecule has 0 saturated heterocycles. The lowest BCUT2D eigenvalue weighted by molar-refractivity contribution is -0.123. The number of halogens is 1. The largest absolute Gasteiger partial charge is 0.354 e. The van der Waals surface area contributed by atoms with Gasteiger partial charge in [0.1, 0.15) is 0 Å². The summed E-state index contributed by atoms with van der Waals surface area (Å²) in [6.45, 7) is 1.44. The fourth-order valence-corrected chi connectivity index (χ4v) is 3.23. The van der Waals surface area contributed by atoms with Crippen molar-refractivity contribution < 1.29 is 9.59 Å². The van der Waals surface area contributed by atoms with E-state index < -0.39 is 0 Å². The maximum absolute atomic E-state index is 12.1. The Morgan fingerprint density at radius 1 is 1.00 bits per heavy atom. The summed E-state index contributed by atoms with van der Waals surface area (Å²) in [6, 6.07) is 9.06. The highest BCUT2D eigenvalue weighted by Crippen LogP contribution is 2.38. The molecule has 6 heteroatoms. The second-order valence-electron chi connectivity index (χ2n) is 6.41. The topological polar surface area (TPSA) is 84.2 Å². The van der Waals surface area contributed by atoms with Gasteiger partial charge in [0.05, 0.1) is 0 Å². The van der Waals surface area contributed by atoms with Crippen LogP contribution in [0.3, 0.4) is 0 Å². The van der Waals surface area contributed by atoms with Gasteiger partial charge in [-0.15, -0.1) is 12.4 Å². The third-order valence-electron chi connectivity index (χ3n) is 4.65. The van der Waals surface area contributed by atoms with Gasteiger partial charge in [0.2, 0.25) is 5.91 Å². The van der Waals surface area contributed by atoms with Gasteiger partial charge in [-0.25, -0.2) is 0 Å². The first-order valence-electron chi connectivity index (χ1n) is 8.45. The van der Waals surface area contributed by atoms with Crippen molar-refractivity contribution >= 4 is 24.2 Å². The SMILES string of the molecule is Cl.NCC1(CC(=O)NCCNC(=O)c2ccccc2)CCCCC1. The number of benzene rings is 1. The molecule has 24 heavy (non-hydrogen) atoms. The van der Waals surface area contributed by atoms with Crippen molar-refractivity contribution in [3.05, 3.63) is 35.9 Å². The molecular weight excluding hydrogens is 326 g/mol. The lowest BCUT2D eigenvalue weighted by atomic mass is 9.71. The summed E-state index contributed by atoms with van der Waals surface area (Å²) in [4.78, 5) is 24.0. The molecule has 2 rings (SSSR count). The maximum atomic E-state index is 12.1. The van der Waals surface area contributed by atoms with Crippen LogP contribution < -0.4 is 16.4 Å². The smallest absolute Gasteiger partial charge is 0.251 e. The molecule has 1 aromatic carbocycles. The molecule has 5 nitrogen and oxygen atoms in total. The molecule has 0 unspecified atom stereocenters. The van der Waals surface area contributed by atoms with Crippen molar-refractivity contribution in [3.63, 3.8) is 0 Å². The predicted octanol–water partition coefficient (Wildman–Crippen LogP) is 2.25. The Kier molecular flexibility index (Phi) is 8.79. The van der Waals surface area contributed by atoms with Crippen LogP contribution in [0.4, 0.5) is 0 Å². The van der Waals surface area contributed by atoms with Crippen LogP contribution in [-0.4, -0.2) is 31.4 Å². The zero-order chi connectivity index (χ0) is 16.5. The molecule has 0 aliphatic heterocycles. The maximum Gasteiger partial charge on any atom is 0.251 e. The van der Waals surface area contributed by atoms with Gasteiger partial charge in [-0.2, -0.15) is 0 Å². The van der Waals surface area contributed by atoms with E-state index in [-0.39, 0.29) is 29.6 Å². The second kappa shape index (κ2) is 10.3. The van der Waals surface area contributed by atoms with Gasteiger partial charge < -0.3 is 16.4 Å². The molecule has 134 valence electrons. The van der Waals surface area contributed by atoms with Crippen LogP contribution in [0.5, 0.6) is 0 Å². The summed E-state index contributed by atoms with van der Waals surface area (Å²) >= 11 is 0. The Morgan fingerprint density at radius 3 is 2.25 bits per heavy atom. The Balaban J connectivity index is 0.00000288. The van der Waals surface area contributed by atoms with E-state index in [4.69, 9.17) is 5.73 Å². The highest BCUT2D eigenvalue weighted by Gasteiger charge is 2.32. The number of nitrogens with one attached hydrogen (secondary N) is 2. The molecule has 4 N–H and O–H groups in total. The molecule has 0 aromatic heterocycles. The molecule has 0 heterocycles. The molecule has 1 aliphatic carbocycles. The Hall–Kier alpha value is -1.59. The first-order chi connectivity index (χ1) is 11.2. The van der Waals surface area contributed by atoms with Gasteiger partial charge in [-0.1, -0.05) is 37.5 Å². The Morgan fingerprint density at radius 2 is 1.62 bits per heavy atom. The van der Waals surface area contributed by atoms with Gasteiger partial charge in [-0.3, -0.25) is 9.59 Å². The summed E-state index contributed by atoms with van der Waals surface area (Å²) in [5.41, 5.74) is 6.52. The van der Waals surface area contributed by atoms with Crippen molar-refractivity contribution in [2.24, 2.45) is 11.1 Å². The summed E-state index contributed by atoms with van der Waals surface area (Å²) in [6.07, 6.45) is 6.16. The van der Waals surface area contributed by atoms with Crippen LogP contribution >= 0.6 is 12.4 Å². The van der Waals surface area contributed by atoms with Crippen molar-refractivity contribution in [3.8, 4) is 0 Å². The number of amides is 2. The van der Waals surface area contributed by atoms with E-state index in [2.05, 4.69) is 10.6 Å². The van der Waals surface area contributed by atoms with E-state index in [0.29, 0.717) is 31.6 Å². The van der Waals surface area contributed by atoms with E-state index in [1.165, 1.54) is 6.42 Å². The van der Waals surface area contributed by atoms with E-state index in [0.717, 1.165) is 25.7 Å². The second-order valence-corrected chi connectivity index (χ2v) is 6.41. The normalized spacial score (nSPS) is 15.9. The van der Waals surface area contributed by atoms with E-state index in [9.17, 15) is 9.59 Å². The van der Waals surface area contributed by atoms with Gasteiger partial charge in [0, 0.05) is 25.1 Å². The van der Waals surface area contributed by atoms with Gasteiger partial charge in [0.25, 0.3) is 5.91 Å². The standard InChI is InChI=1S/C18H27N3O2.ClH/c19-14-18(9-5-2-6-10-18)13-16(22)20-11-12-21-17(23)15-7-3-1-4-8-15;/h1,3-4,7-8H,2,5-6,9-14,19H2,(H,20,22)(H,21,23);1H. The summed E-state index contributed by atoms with van der Waals surface area (Å²) in [7, 11) is 0.